The third kappa shape index (κ3) is 1.36. The predicted molar refractivity (Wildman–Crippen MR) is 37.3 cm³/mol. The van der Waals surface area contributed by atoms with Crippen molar-refractivity contribution in [2.24, 2.45) is 0 Å². The van der Waals surface area contributed by atoms with E-state index in [9.17, 15) is 14.4 Å². The molecule has 1 rings (SSSR count). The number of imide groups is 1. The lowest BCUT2D eigenvalue weighted by Crippen LogP contribution is -2.55. The number of amides is 3. The van der Waals surface area contributed by atoms with Crippen LogP contribution in [0.25, 0.3) is 0 Å². The van der Waals surface area contributed by atoms with Crippen LogP contribution < -0.4 is 5.32 Å². The van der Waals surface area contributed by atoms with Gasteiger partial charge in [-0.2, -0.15) is 0 Å². The Balaban J connectivity index is 2.79. The maximum atomic E-state index is 10.8. The second-order valence-electron chi connectivity index (χ2n) is 2.52. The van der Waals surface area contributed by atoms with Crippen LogP contribution in [-0.2, 0) is 9.59 Å². The number of nitrogens with one attached hydrogen (secondary N) is 1. The molecule has 0 spiro atoms. The van der Waals surface area contributed by atoms with Gasteiger partial charge in [0.2, 0.25) is 5.91 Å². The molecule has 1 aliphatic heterocycles. The van der Waals surface area contributed by atoms with Gasteiger partial charge in [-0.3, -0.25) is 10.1 Å². The number of hydrogen-bond donors (Lipinski definition) is 2. The Kier molecular flexibility index (Phi) is 1.99. The van der Waals surface area contributed by atoms with Gasteiger partial charge in [-0.1, -0.05) is 0 Å². The molecule has 0 aromatic carbocycles. The lowest BCUT2D eigenvalue weighted by molar-refractivity contribution is -0.145. The summed E-state index contributed by atoms with van der Waals surface area (Å²) >= 11 is 0. The van der Waals surface area contributed by atoms with Gasteiger partial charge in [0.1, 0.15) is 6.04 Å². The van der Waals surface area contributed by atoms with Crippen molar-refractivity contribution in [3.8, 4) is 0 Å². The fourth-order valence-electron chi connectivity index (χ4n) is 0.966. The Morgan fingerprint density at radius 3 is 2.75 bits per heavy atom. The Labute approximate surface area is 68.1 Å². The topological polar surface area (TPSA) is 86.7 Å². The summed E-state index contributed by atoms with van der Waals surface area (Å²) in [4.78, 5) is 33.0. The largest absolute Gasteiger partial charge is 0.480 e. The number of carbonyl (C=O) groups excluding carboxylic acids is 2. The minimum Gasteiger partial charge on any atom is -0.480 e. The summed E-state index contributed by atoms with van der Waals surface area (Å²) in [5.74, 6) is -1.72. The van der Waals surface area contributed by atoms with Crippen molar-refractivity contribution < 1.29 is 19.5 Å². The van der Waals surface area contributed by atoms with Gasteiger partial charge in [0.15, 0.2) is 0 Å². The number of rotatable bonds is 1. The number of urea groups is 1. The van der Waals surface area contributed by atoms with Crippen LogP contribution in [0.15, 0.2) is 0 Å². The minimum atomic E-state index is -1.17. The zero-order valence-electron chi connectivity index (χ0n) is 6.40. The molecular weight excluding hydrogens is 164 g/mol. The molecule has 0 bridgehead atoms. The first kappa shape index (κ1) is 8.51. The Bertz CT molecular complexity index is 250. The molecule has 0 aliphatic carbocycles. The van der Waals surface area contributed by atoms with Gasteiger partial charge >= 0.3 is 12.0 Å². The predicted octanol–water partition coefficient (Wildman–Crippen LogP) is -0.989. The molecule has 6 nitrogen and oxygen atoms in total. The van der Waals surface area contributed by atoms with Gasteiger partial charge in [0.25, 0.3) is 0 Å². The number of carboxylic acid groups (broad SMARTS) is 1. The average molecular weight is 172 g/mol. The van der Waals surface area contributed by atoms with Crippen molar-refractivity contribution in [3.63, 3.8) is 0 Å². The average Bonchev–Trinajstić information content (AvgIpc) is 1.96. The summed E-state index contributed by atoms with van der Waals surface area (Å²) in [6.07, 6.45) is -0.183. The lowest BCUT2D eigenvalue weighted by atomic mass is 10.1. The van der Waals surface area contributed by atoms with Crippen LogP contribution in [0.1, 0.15) is 6.42 Å². The molecule has 66 valence electrons. The summed E-state index contributed by atoms with van der Waals surface area (Å²) in [5, 5.41) is 10.6. The van der Waals surface area contributed by atoms with Crippen molar-refractivity contribution in [2.75, 3.05) is 7.05 Å². The number of likely N-dealkylation sites (N-methyl/N-ethyl adjacent to an activating group) is 1. The van der Waals surface area contributed by atoms with E-state index in [1.54, 1.807) is 0 Å². The van der Waals surface area contributed by atoms with E-state index in [1.165, 1.54) is 7.05 Å². The molecule has 6 heteroatoms. The van der Waals surface area contributed by atoms with Crippen molar-refractivity contribution in [1.82, 2.24) is 10.2 Å². The second-order valence-corrected chi connectivity index (χ2v) is 2.52. The van der Waals surface area contributed by atoms with Crippen LogP contribution in [0.2, 0.25) is 0 Å². The van der Waals surface area contributed by atoms with E-state index in [0.717, 1.165) is 4.90 Å². The molecule has 0 unspecified atom stereocenters. The van der Waals surface area contributed by atoms with Gasteiger partial charge in [0.05, 0.1) is 6.42 Å². The van der Waals surface area contributed by atoms with E-state index in [0.29, 0.717) is 0 Å². The molecule has 1 heterocycles. The van der Waals surface area contributed by atoms with Crippen LogP contribution in [-0.4, -0.2) is 41.0 Å². The quantitative estimate of drug-likeness (QED) is 0.531. The Morgan fingerprint density at radius 2 is 2.25 bits per heavy atom. The van der Waals surface area contributed by atoms with Crippen molar-refractivity contribution in [2.45, 2.75) is 12.5 Å². The maximum Gasteiger partial charge on any atom is 0.327 e. The maximum absolute atomic E-state index is 10.8. The number of carboxylic acids is 1. The number of aliphatic carboxylic acids is 1. The number of carbonyl (C=O) groups is 3. The van der Waals surface area contributed by atoms with Crippen LogP contribution in [0.4, 0.5) is 4.79 Å². The molecule has 3 amide bonds. The molecule has 1 fully saturated rings. The highest BCUT2D eigenvalue weighted by atomic mass is 16.4. The van der Waals surface area contributed by atoms with E-state index in [1.807, 2.05) is 5.32 Å². The highest BCUT2D eigenvalue weighted by Gasteiger charge is 2.34. The van der Waals surface area contributed by atoms with E-state index in [2.05, 4.69) is 0 Å². The standard InChI is InChI=1S/C6H8N2O4/c1-8-3(5(10)11)2-4(9)7-6(8)12/h3H,2H2,1H3,(H,10,11)(H,7,9,12)/t3-/m1/s1. The summed E-state index contributed by atoms with van der Waals surface area (Å²) < 4.78 is 0. The molecule has 0 saturated carbocycles. The van der Waals surface area contributed by atoms with Crippen molar-refractivity contribution in [1.29, 1.82) is 0 Å². The highest BCUT2D eigenvalue weighted by molar-refractivity contribution is 6.01. The fraction of sp³-hybridized carbons (Fsp3) is 0.500. The van der Waals surface area contributed by atoms with Crippen LogP contribution in [0, 0.1) is 0 Å². The van der Waals surface area contributed by atoms with Crippen LogP contribution >= 0.6 is 0 Å². The lowest BCUT2D eigenvalue weighted by Gasteiger charge is -2.28. The first-order valence-corrected chi connectivity index (χ1v) is 3.32. The van der Waals surface area contributed by atoms with E-state index >= 15 is 0 Å². The second kappa shape index (κ2) is 2.80. The molecule has 0 radical (unpaired) electrons. The Morgan fingerprint density at radius 1 is 1.67 bits per heavy atom. The van der Waals surface area contributed by atoms with Gasteiger partial charge in [0, 0.05) is 7.05 Å². The van der Waals surface area contributed by atoms with Crippen molar-refractivity contribution in [3.05, 3.63) is 0 Å². The summed E-state index contributed by atoms with van der Waals surface area (Å²) in [7, 11) is 1.33. The summed E-state index contributed by atoms with van der Waals surface area (Å²) in [6.45, 7) is 0. The minimum absolute atomic E-state index is 0.183. The summed E-state index contributed by atoms with van der Waals surface area (Å²) in [5.41, 5.74) is 0. The normalized spacial score (nSPS) is 23.8. The smallest absolute Gasteiger partial charge is 0.327 e. The van der Waals surface area contributed by atoms with E-state index in [-0.39, 0.29) is 6.42 Å². The van der Waals surface area contributed by atoms with Crippen LogP contribution in [0.5, 0.6) is 0 Å². The van der Waals surface area contributed by atoms with Crippen LogP contribution in [0.3, 0.4) is 0 Å². The number of hydrogen-bond acceptors (Lipinski definition) is 3. The zero-order chi connectivity index (χ0) is 9.30. The monoisotopic (exact) mass is 172 g/mol. The molecule has 1 saturated heterocycles. The SMILES string of the molecule is CN1C(=O)NC(=O)C[C@@H]1C(=O)O. The fourth-order valence-corrected chi connectivity index (χ4v) is 0.966. The summed E-state index contributed by atoms with van der Waals surface area (Å²) in [6, 6.07) is -1.70. The van der Waals surface area contributed by atoms with E-state index < -0.39 is 23.9 Å². The molecular formula is C6H8N2O4. The molecule has 1 aliphatic rings. The molecule has 2 N–H and O–H groups in total. The first-order chi connectivity index (χ1) is 5.52. The Hall–Kier alpha value is -1.59. The third-order valence-electron chi connectivity index (χ3n) is 1.70. The van der Waals surface area contributed by atoms with E-state index in [4.69, 9.17) is 5.11 Å². The zero-order valence-corrected chi connectivity index (χ0v) is 6.40. The van der Waals surface area contributed by atoms with Crippen molar-refractivity contribution >= 4 is 17.9 Å². The molecule has 0 aromatic rings. The third-order valence-corrected chi connectivity index (χ3v) is 1.70. The molecule has 12 heavy (non-hydrogen) atoms. The van der Waals surface area contributed by atoms with Gasteiger partial charge in [-0.15, -0.1) is 0 Å². The molecule has 1 atom stereocenters. The first-order valence-electron chi connectivity index (χ1n) is 3.32. The molecule has 0 aromatic heterocycles. The van der Waals surface area contributed by atoms with Gasteiger partial charge in [-0.25, -0.2) is 9.59 Å². The number of nitrogens with zero attached hydrogens (tertiary/aromatic N) is 1. The van der Waals surface area contributed by atoms with Gasteiger partial charge in [-0.05, 0) is 0 Å². The van der Waals surface area contributed by atoms with Gasteiger partial charge < -0.3 is 10.0 Å². The highest BCUT2D eigenvalue weighted by Crippen LogP contribution is 2.07.